The molecule has 0 aliphatic carbocycles. The number of hydrogen-bond donors (Lipinski definition) is 0. The first kappa shape index (κ1) is 17.2. The third-order valence-electron chi connectivity index (χ3n) is 3.46. The van der Waals surface area contributed by atoms with E-state index in [0.29, 0.717) is 22.6 Å². The largest absolute Gasteiger partial charge is 0.433 e. The quantitative estimate of drug-likeness (QED) is 0.707. The molecule has 0 amide bonds. The second kappa shape index (κ2) is 6.32. The molecule has 0 fully saturated rings. The van der Waals surface area contributed by atoms with E-state index in [2.05, 4.69) is 15.2 Å². The Morgan fingerprint density at radius 1 is 1.28 bits per heavy atom. The van der Waals surface area contributed by atoms with E-state index < -0.39 is 17.4 Å². The van der Waals surface area contributed by atoms with Gasteiger partial charge in [-0.25, -0.2) is 4.68 Å². The van der Waals surface area contributed by atoms with Crippen molar-refractivity contribution in [2.24, 2.45) is 0 Å². The molecular weight excluding hydrogens is 361 g/mol. The van der Waals surface area contributed by atoms with E-state index in [1.807, 2.05) is 0 Å². The molecule has 0 atom stereocenters. The fraction of sp³-hybridized carbons (Fsp3) is 0.200. The van der Waals surface area contributed by atoms with Gasteiger partial charge in [-0.1, -0.05) is 16.8 Å². The summed E-state index contributed by atoms with van der Waals surface area (Å²) in [5.41, 5.74) is -0.291. The third kappa shape index (κ3) is 3.55. The minimum Gasteiger partial charge on any atom is -0.361 e. The summed E-state index contributed by atoms with van der Waals surface area (Å²) in [6.45, 7) is 1.66. The first-order valence-electron chi connectivity index (χ1n) is 6.97. The van der Waals surface area contributed by atoms with Crippen molar-refractivity contribution >= 4 is 11.6 Å². The second-order valence-electron chi connectivity index (χ2n) is 5.17. The van der Waals surface area contributed by atoms with Gasteiger partial charge in [-0.05, 0) is 19.1 Å². The van der Waals surface area contributed by atoms with Crippen LogP contribution in [0.25, 0.3) is 11.3 Å². The number of hydrogen-bond acceptors (Lipinski definition) is 5. The molecule has 3 rings (SSSR count). The number of alkyl halides is 3. The average Bonchev–Trinajstić information content (AvgIpc) is 2.90. The number of nitrogens with zero attached hydrogens (tertiary/aromatic N) is 4. The number of aromatic nitrogens is 4. The van der Waals surface area contributed by atoms with Crippen molar-refractivity contribution in [1.29, 1.82) is 0 Å². The van der Waals surface area contributed by atoms with Crippen LogP contribution in [0.3, 0.4) is 0 Å². The van der Waals surface area contributed by atoms with Gasteiger partial charge in [0.15, 0.2) is 0 Å². The fourth-order valence-corrected chi connectivity index (χ4v) is 2.32. The Hall–Kier alpha value is -2.68. The Bertz CT molecular complexity index is 964. The second-order valence-corrected chi connectivity index (χ2v) is 5.60. The number of pyridine rings is 1. The highest BCUT2D eigenvalue weighted by Gasteiger charge is 2.32. The molecule has 0 N–H and O–H groups in total. The molecular formula is C15H10ClF3N4O2. The first-order chi connectivity index (χ1) is 11.8. The van der Waals surface area contributed by atoms with Crippen LogP contribution in [-0.2, 0) is 12.7 Å². The van der Waals surface area contributed by atoms with Gasteiger partial charge in [0.05, 0.1) is 17.8 Å². The molecule has 0 bridgehead atoms. The van der Waals surface area contributed by atoms with Gasteiger partial charge >= 0.3 is 6.18 Å². The topological polar surface area (TPSA) is 73.8 Å². The zero-order chi connectivity index (χ0) is 18.2. The number of halogens is 4. The zero-order valence-electron chi connectivity index (χ0n) is 12.7. The molecule has 130 valence electrons. The molecule has 0 saturated carbocycles. The molecule has 6 nitrogen and oxygen atoms in total. The summed E-state index contributed by atoms with van der Waals surface area (Å²) < 4.78 is 44.1. The molecule has 0 unspecified atom stereocenters. The van der Waals surface area contributed by atoms with Crippen LogP contribution in [0.2, 0.25) is 5.02 Å². The van der Waals surface area contributed by atoms with Gasteiger partial charge in [-0.2, -0.15) is 18.3 Å². The van der Waals surface area contributed by atoms with Crippen molar-refractivity contribution in [2.75, 3.05) is 0 Å². The maximum atomic E-state index is 12.6. The predicted octanol–water partition coefficient (Wildman–Crippen LogP) is 3.32. The summed E-state index contributed by atoms with van der Waals surface area (Å²) in [5.74, 6) is 0.415. The standard InChI is InChI=1S/C15H10ClF3N4O2/c1-8-11(7-23-13(24)4-10(16)6-21-23)14(22-25-8)9-2-3-12(20-5-9)15(17,18)19/h2-6H,7H2,1H3. The van der Waals surface area contributed by atoms with Gasteiger partial charge in [0.1, 0.15) is 17.1 Å². The van der Waals surface area contributed by atoms with E-state index in [-0.39, 0.29) is 11.6 Å². The Balaban J connectivity index is 1.98. The molecule has 0 aliphatic heterocycles. The van der Waals surface area contributed by atoms with Gasteiger partial charge in [0.2, 0.25) is 0 Å². The van der Waals surface area contributed by atoms with Gasteiger partial charge in [0, 0.05) is 23.4 Å². The first-order valence-corrected chi connectivity index (χ1v) is 7.35. The van der Waals surface area contributed by atoms with Crippen LogP contribution in [0.5, 0.6) is 0 Å². The summed E-state index contributed by atoms with van der Waals surface area (Å²) >= 11 is 5.70. The summed E-state index contributed by atoms with van der Waals surface area (Å²) in [6, 6.07) is 3.31. The molecule has 25 heavy (non-hydrogen) atoms. The fourth-order valence-electron chi connectivity index (χ4n) is 2.19. The lowest BCUT2D eigenvalue weighted by Gasteiger charge is -2.07. The minimum atomic E-state index is -4.53. The van der Waals surface area contributed by atoms with E-state index in [0.717, 1.165) is 16.9 Å². The lowest BCUT2D eigenvalue weighted by atomic mass is 10.1. The highest BCUT2D eigenvalue weighted by atomic mass is 35.5. The van der Waals surface area contributed by atoms with Crippen molar-refractivity contribution < 1.29 is 17.7 Å². The number of rotatable bonds is 3. The molecule has 3 aromatic rings. The summed E-state index contributed by atoms with van der Waals surface area (Å²) in [6.07, 6.45) is -2.16. The van der Waals surface area contributed by atoms with Crippen molar-refractivity contribution in [2.45, 2.75) is 19.6 Å². The summed E-state index contributed by atoms with van der Waals surface area (Å²) in [4.78, 5) is 15.3. The molecule has 3 heterocycles. The maximum Gasteiger partial charge on any atom is 0.433 e. The monoisotopic (exact) mass is 370 g/mol. The third-order valence-corrected chi connectivity index (χ3v) is 3.66. The van der Waals surface area contributed by atoms with Crippen LogP contribution < -0.4 is 5.56 Å². The summed E-state index contributed by atoms with van der Waals surface area (Å²) in [7, 11) is 0. The van der Waals surface area contributed by atoms with E-state index >= 15 is 0 Å². The van der Waals surface area contributed by atoms with E-state index in [4.69, 9.17) is 16.1 Å². The lowest BCUT2D eigenvalue weighted by Crippen LogP contribution is -2.22. The molecule has 0 radical (unpaired) electrons. The van der Waals surface area contributed by atoms with Crippen LogP contribution in [0.1, 0.15) is 17.0 Å². The zero-order valence-corrected chi connectivity index (χ0v) is 13.5. The van der Waals surface area contributed by atoms with Crippen molar-refractivity contribution in [3.63, 3.8) is 0 Å². The molecule has 0 aliphatic rings. The minimum absolute atomic E-state index is 0.0295. The Labute approximate surface area is 143 Å². The van der Waals surface area contributed by atoms with Crippen LogP contribution >= 0.6 is 11.6 Å². The Morgan fingerprint density at radius 2 is 2.04 bits per heavy atom. The van der Waals surface area contributed by atoms with Gasteiger partial charge < -0.3 is 4.52 Å². The van der Waals surface area contributed by atoms with Crippen molar-refractivity contribution in [3.8, 4) is 11.3 Å². The molecule has 0 spiro atoms. The molecule has 3 aromatic heterocycles. The van der Waals surface area contributed by atoms with Crippen molar-refractivity contribution in [3.05, 3.63) is 63.0 Å². The molecule has 0 aromatic carbocycles. The Morgan fingerprint density at radius 3 is 2.64 bits per heavy atom. The number of aryl methyl sites for hydroxylation is 1. The smallest absolute Gasteiger partial charge is 0.361 e. The van der Waals surface area contributed by atoms with Crippen LogP contribution in [0.15, 0.2) is 39.9 Å². The van der Waals surface area contributed by atoms with Crippen LogP contribution in [-0.4, -0.2) is 19.9 Å². The van der Waals surface area contributed by atoms with Crippen LogP contribution in [0.4, 0.5) is 13.2 Å². The average molecular weight is 371 g/mol. The molecule has 0 saturated heterocycles. The van der Waals surface area contributed by atoms with Gasteiger partial charge in [-0.15, -0.1) is 0 Å². The van der Waals surface area contributed by atoms with E-state index in [1.54, 1.807) is 6.92 Å². The lowest BCUT2D eigenvalue weighted by molar-refractivity contribution is -0.141. The normalized spacial score (nSPS) is 11.7. The SMILES string of the molecule is Cc1onc(-c2ccc(C(F)(F)F)nc2)c1Cn1ncc(Cl)cc1=O. The Kier molecular flexibility index (Phi) is 4.34. The molecule has 10 heteroatoms. The highest BCUT2D eigenvalue weighted by Crippen LogP contribution is 2.30. The van der Waals surface area contributed by atoms with E-state index in [1.165, 1.54) is 18.3 Å². The van der Waals surface area contributed by atoms with Gasteiger partial charge in [0.25, 0.3) is 5.56 Å². The highest BCUT2D eigenvalue weighted by molar-refractivity contribution is 6.30. The van der Waals surface area contributed by atoms with Gasteiger partial charge in [-0.3, -0.25) is 9.78 Å². The van der Waals surface area contributed by atoms with Crippen LogP contribution in [0, 0.1) is 6.92 Å². The predicted molar refractivity (Wildman–Crippen MR) is 82.1 cm³/mol. The summed E-state index contributed by atoms with van der Waals surface area (Å²) in [5, 5.41) is 7.97. The van der Waals surface area contributed by atoms with E-state index in [9.17, 15) is 18.0 Å². The maximum absolute atomic E-state index is 12.6. The van der Waals surface area contributed by atoms with Crippen molar-refractivity contribution in [1.82, 2.24) is 19.9 Å².